The first-order valence-electron chi connectivity index (χ1n) is 9.37. The van der Waals surface area contributed by atoms with Gasteiger partial charge in [0.05, 0.1) is 23.2 Å². The summed E-state index contributed by atoms with van der Waals surface area (Å²) < 4.78 is 4.70. The lowest BCUT2D eigenvalue weighted by Gasteiger charge is -2.10. The number of ether oxygens (including phenoxy) is 1. The maximum Gasteiger partial charge on any atom is 0.337 e. The molecule has 0 saturated heterocycles. The molecule has 0 aliphatic rings. The molecule has 0 aliphatic carbocycles. The molecule has 1 N–H and O–H groups in total. The van der Waals surface area contributed by atoms with Gasteiger partial charge < -0.3 is 10.1 Å². The van der Waals surface area contributed by atoms with Crippen molar-refractivity contribution in [2.24, 2.45) is 0 Å². The summed E-state index contributed by atoms with van der Waals surface area (Å²) in [5, 5.41) is 4.92. The molecule has 2 aromatic carbocycles. The SMILES string of the molecule is COC(=O)c1cccc(NC(=O)CCSc2cc(C)c3cc(C)cc(C)c3n2)c1. The van der Waals surface area contributed by atoms with Gasteiger partial charge in [-0.05, 0) is 62.2 Å². The Morgan fingerprint density at radius 1 is 1.07 bits per heavy atom. The Kier molecular flexibility index (Phi) is 6.54. The summed E-state index contributed by atoms with van der Waals surface area (Å²) in [5.74, 6) is 0.0782. The molecule has 0 aliphatic heterocycles. The molecule has 0 radical (unpaired) electrons. The lowest BCUT2D eigenvalue weighted by atomic mass is 10.0. The van der Waals surface area contributed by atoms with Gasteiger partial charge in [0.2, 0.25) is 5.91 Å². The van der Waals surface area contributed by atoms with E-state index >= 15 is 0 Å². The Morgan fingerprint density at radius 2 is 1.86 bits per heavy atom. The molecule has 1 amide bonds. The highest BCUT2D eigenvalue weighted by Gasteiger charge is 2.10. The molecule has 1 aromatic heterocycles. The molecule has 0 saturated carbocycles. The fourth-order valence-corrected chi connectivity index (χ4v) is 4.11. The first-order chi connectivity index (χ1) is 13.9. The van der Waals surface area contributed by atoms with Crippen molar-refractivity contribution in [1.29, 1.82) is 0 Å². The van der Waals surface area contributed by atoms with Crippen LogP contribution in [0.2, 0.25) is 0 Å². The van der Waals surface area contributed by atoms with E-state index < -0.39 is 5.97 Å². The summed E-state index contributed by atoms with van der Waals surface area (Å²) >= 11 is 1.57. The van der Waals surface area contributed by atoms with Gasteiger partial charge in [0, 0.05) is 23.2 Å². The minimum atomic E-state index is -0.431. The van der Waals surface area contributed by atoms with Crippen molar-refractivity contribution in [3.63, 3.8) is 0 Å². The van der Waals surface area contributed by atoms with Crippen molar-refractivity contribution in [1.82, 2.24) is 4.98 Å². The van der Waals surface area contributed by atoms with Crippen molar-refractivity contribution < 1.29 is 14.3 Å². The molecular weight excluding hydrogens is 384 g/mol. The average molecular weight is 409 g/mol. The number of anilines is 1. The highest BCUT2D eigenvalue weighted by molar-refractivity contribution is 7.99. The number of hydrogen-bond donors (Lipinski definition) is 1. The summed E-state index contributed by atoms with van der Waals surface area (Å²) in [6.07, 6.45) is 0.346. The minimum Gasteiger partial charge on any atom is -0.465 e. The van der Waals surface area contributed by atoms with Crippen LogP contribution >= 0.6 is 11.8 Å². The molecule has 5 nitrogen and oxygen atoms in total. The second-order valence-electron chi connectivity index (χ2n) is 6.97. The first kappa shape index (κ1) is 20.9. The zero-order valence-electron chi connectivity index (χ0n) is 17.0. The van der Waals surface area contributed by atoms with Gasteiger partial charge in [0.25, 0.3) is 0 Å². The Hall–Kier alpha value is -2.86. The van der Waals surface area contributed by atoms with E-state index in [1.807, 2.05) is 0 Å². The number of thioether (sulfide) groups is 1. The molecule has 0 spiro atoms. The smallest absolute Gasteiger partial charge is 0.337 e. The van der Waals surface area contributed by atoms with Crippen molar-refractivity contribution in [2.45, 2.75) is 32.2 Å². The monoisotopic (exact) mass is 408 g/mol. The summed E-state index contributed by atoms with van der Waals surface area (Å²) in [5.41, 5.74) is 5.58. The van der Waals surface area contributed by atoms with Crippen molar-refractivity contribution >= 4 is 40.2 Å². The van der Waals surface area contributed by atoms with Crippen molar-refractivity contribution in [3.05, 3.63) is 64.7 Å². The summed E-state index contributed by atoms with van der Waals surface area (Å²) in [4.78, 5) is 28.6. The van der Waals surface area contributed by atoms with Crippen LogP contribution in [0, 0.1) is 20.8 Å². The Balaban J connectivity index is 1.61. The maximum absolute atomic E-state index is 12.3. The molecule has 0 fully saturated rings. The number of aryl methyl sites for hydroxylation is 3. The topological polar surface area (TPSA) is 68.3 Å². The number of carbonyl (C=O) groups excluding carboxylic acids is 2. The third-order valence-electron chi connectivity index (χ3n) is 4.58. The van der Waals surface area contributed by atoms with E-state index in [9.17, 15) is 9.59 Å². The van der Waals surface area contributed by atoms with Crippen LogP contribution in [0.15, 0.2) is 47.5 Å². The Morgan fingerprint density at radius 3 is 2.62 bits per heavy atom. The van der Waals surface area contributed by atoms with Crippen LogP contribution in [-0.2, 0) is 9.53 Å². The van der Waals surface area contributed by atoms with Gasteiger partial charge in [-0.1, -0.05) is 17.7 Å². The van der Waals surface area contributed by atoms with Gasteiger partial charge in [0.15, 0.2) is 0 Å². The molecule has 29 heavy (non-hydrogen) atoms. The third-order valence-corrected chi connectivity index (χ3v) is 5.49. The second kappa shape index (κ2) is 9.09. The average Bonchev–Trinajstić information content (AvgIpc) is 2.68. The Bertz CT molecular complexity index is 1080. The van der Waals surface area contributed by atoms with Crippen LogP contribution in [-0.4, -0.2) is 29.7 Å². The summed E-state index contributed by atoms with van der Waals surface area (Å²) in [6.45, 7) is 6.26. The fraction of sp³-hybridized carbons (Fsp3) is 0.261. The van der Waals surface area contributed by atoms with E-state index in [1.165, 1.54) is 23.6 Å². The van der Waals surface area contributed by atoms with Crippen LogP contribution in [0.5, 0.6) is 0 Å². The van der Waals surface area contributed by atoms with Crippen LogP contribution < -0.4 is 5.32 Å². The second-order valence-corrected chi connectivity index (χ2v) is 8.09. The van der Waals surface area contributed by atoms with Gasteiger partial charge in [-0.25, -0.2) is 9.78 Å². The third kappa shape index (κ3) is 5.15. The maximum atomic E-state index is 12.3. The number of methoxy groups -OCH3 is 1. The van der Waals surface area contributed by atoms with Crippen molar-refractivity contribution in [3.8, 4) is 0 Å². The molecule has 6 heteroatoms. The number of fused-ring (bicyclic) bond motifs is 1. The van der Waals surface area contributed by atoms with Crippen molar-refractivity contribution in [2.75, 3.05) is 18.2 Å². The van der Waals surface area contributed by atoms with E-state index in [0.29, 0.717) is 23.4 Å². The normalized spacial score (nSPS) is 10.8. The van der Waals surface area contributed by atoms with Gasteiger partial charge in [-0.15, -0.1) is 11.8 Å². The number of rotatable bonds is 6. The van der Waals surface area contributed by atoms with E-state index in [4.69, 9.17) is 9.72 Å². The standard InChI is InChI=1S/C23H24N2O3S/c1-14-10-16(3)22-19(11-14)15(2)12-21(25-22)29-9-8-20(26)24-18-7-5-6-17(13-18)23(27)28-4/h5-7,10-13H,8-9H2,1-4H3,(H,24,26). The minimum absolute atomic E-state index is 0.108. The summed E-state index contributed by atoms with van der Waals surface area (Å²) in [7, 11) is 1.33. The molecular formula is C23H24N2O3S. The number of benzene rings is 2. The van der Waals surface area contributed by atoms with E-state index in [0.717, 1.165) is 16.1 Å². The predicted molar refractivity (Wildman–Crippen MR) is 118 cm³/mol. The zero-order chi connectivity index (χ0) is 21.0. The lowest BCUT2D eigenvalue weighted by molar-refractivity contribution is -0.115. The highest BCUT2D eigenvalue weighted by atomic mass is 32.2. The van der Waals surface area contributed by atoms with Gasteiger partial charge in [-0.3, -0.25) is 4.79 Å². The van der Waals surface area contributed by atoms with Crippen LogP contribution in [0.4, 0.5) is 5.69 Å². The Labute approximate surface area is 174 Å². The lowest BCUT2D eigenvalue weighted by Crippen LogP contribution is -2.13. The molecule has 150 valence electrons. The van der Waals surface area contributed by atoms with Crippen LogP contribution in [0.25, 0.3) is 10.9 Å². The number of aromatic nitrogens is 1. The highest BCUT2D eigenvalue weighted by Crippen LogP contribution is 2.27. The predicted octanol–water partition coefficient (Wildman–Crippen LogP) is 5.07. The summed E-state index contributed by atoms with van der Waals surface area (Å²) in [6, 6.07) is 13.1. The first-order valence-corrected chi connectivity index (χ1v) is 10.4. The molecule has 3 aromatic rings. The molecule has 0 bridgehead atoms. The number of amides is 1. The quantitative estimate of drug-likeness (QED) is 0.456. The van der Waals surface area contributed by atoms with E-state index in [-0.39, 0.29) is 5.91 Å². The van der Waals surface area contributed by atoms with E-state index in [1.54, 1.807) is 36.0 Å². The molecule has 0 atom stereocenters. The molecule has 1 heterocycles. The van der Waals surface area contributed by atoms with Crippen LogP contribution in [0.3, 0.4) is 0 Å². The molecule has 3 rings (SSSR count). The number of nitrogens with zero attached hydrogens (tertiary/aromatic N) is 1. The van der Waals surface area contributed by atoms with Gasteiger partial charge >= 0.3 is 5.97 Å². The fourth-order valence-electron chi connectivity index (χ4n) is 3.20. The zero-order valence-corrected chi connectivity index (χ0v) is 17.9. The molecule has 0 unspecified atom stereocenters. The van der Waals surface area contributed by atoms with Gasteiger partial charge in [0.1, 0.15) is 0 Å². The number of pyridine rings is 1. The number of hydrogen-bond acceptors (Lipinski definition) is 5. The van der Waals surface area contributed by atoms with E-state index in [2.05, 4.69) is 44.3 Å². The number of esters is 1. The van der Waals surface area contributed by atoms with Gasteiger partial charge in [-0.2, -0.15) is 0 Å². The largest absolute Gasteiger partial charge is 0.465 e. The number of nitrogens with one attached hydrogen (secondary N) is 1. The van der Waals surface area contributed by atoms with Crippen LogP contribution in [0.1, 0.15) is 33.5 Å². The number of carbonyl (C=O) groups is 2.